The summed E-state index contributed by atoms with van der Waals surface area (Å²) in [6.45, 7) is 0. The minimum absolute atomic E-state index is 0.171. The van der Waals surface area contributed by atoms with Crippen molar-refractivity contribution in [3.8, 4) is 0 Å². The number of nitrogens with one attached hydrogen (secondary N) is 2. The molecule has 0 aromatic heterocycles. The molecule has 0 spiro atoms. The molecular weight excluding hydrogens is 290 g/mol. The molecule has 1 aromatic rings. The van der Waals surface area contributed by atoms with E-state index >= 15 is 0 Å². The second-order valence-electron chi connectivity index (χ2n) is 5.02. The third-order valence-electron chi connectivity index (χ3n) is 3.28. The zero-order valence-electron chi connectivity index (χ0n) is 10.7. The summed E-state index contributed by atoms with van der Waals surface area (Å²) in [4.78, 5) is 15.8. The Morgan fingerprint density at radius 3 is 2.62 bits per heavy atom. The van der Waals surface area contributed by atoms with Crippen LogP contribution < -0.4 is 10.6 Å². The predicted octanol–water partition coefficient (Wildman–Crippen LogP) is 2.12. The third kappa shape index (κ3) is 2.84. The molecule has 2 aliphatic rings. The topological polar surface area (TPSA) is 53.5 Å². The minimum Gasteiger partial charge on any atom is -0.353 e. The number of hydrogen-bond acceptors (Lipinski definition) is 3. The monoisotopic (exact) mass is 301 g/mol. The molecule has 2 N–H and O–H groups in total. The summed E-state index contributed by atoms with van der Waals surface area (Å²) in [6, 6.07) is 1.11. The molecule has 112 valence electrons. The van der Waals surface area contributed by atoms with Gasteiger partial charge in [0.1, 0.15) is 5.82 Å². The van der Waals surface area contributed by atoms with Gasteiger partial charge >= 0.3 is 6.18 Å². The number of rotatable bonds is 2. The van der Waals surface area contributed by atoms with Gasteiger partial charge in [0.05, 0.1) is 5.56 Å². The summed E-state index contributed by atoms with van der Waals surface area (Å²) in [5.74, 6) is -1.50. The molecule has 1 aliphatic heterocycles. The van der Waals surface area contributed by atoms with E-state index in [1.807, 2.05) is 0 Å². The van der Waals surface area contributed by atoms with Crippen LogP contribution in [0.15, 0.2) is 23.2 Å². The minimum atomic E-state index is -4.75. The van der Waals surface area contributed by atoms with Gasteiger partial charge < -0.3 is 5.32 Å². The summed E-state index contributed by atoms with van der Waals surface area (Å²) >= 11 is 0. The average Bonchev–Trinajstić information content (AvgIpc) is 3.11. The predicted molar refractivity (Wildman–Crippen MR) is 65.9 cm³/mol. The van der Waals surface area contributed by atoms with E-state index in [4.69, 9.17) is 0 Å². The largest absolute Gasteiger partial charge is 0.416 e. The van der Waals surface area contributed by atoms with Crippen molar-refractivity contribution in [1.82, 2.24) is 10.6 Å². The van der Waals surface area contributed by atoms with E-state index in [1.54, 1.807) is 0 Å². The standard InChI is InChI=1S/C13H11F4N3O/c14-6-1-4-8(9(5-6)13(15,16)17)10-11(21)20-12(19-10)18-7-2-3-7/h1,4-5,7,10H,2-3H2,(H2,18,19,20,21). The van der Waals surface area contributed by atoms with Crippen LogP contribution in [0.25, 0.3) is 0 Å². The molecule has 1 atom stereocenters. The van der Waals surface area contributed by atoms with Crippen molar-refractivity contribution < 1.29 is 22.4 Å². The highest BCUT2D eigenvalue weighted by Gasteiger charge is 2.40. The lowest BCUT2D eigenvalue weighted by Crippen LogP contribution is -2.37. The normalized spacial score (nSPS) is 22.0. The Balaban J connectivity index is 1.95. The Morgan fingerprint density at radius 1 is 1.29 bits per heavy atom. The molecule has 0 radical (unpaired) electrons. The molecule has 4 nitrogen and oxygen atoms in total. The van der Waals surface area contributed by atoms with Crippen molar-refractivity contribution in [3.05, 3.63) is 35.1 Å². The van der Waals surface area contributed by atoms with Crippen LogP contribution >= 0.6 is 0 Å². The van der Waals surface area contributed by atoms with Crippen molar-refractivity contribution in [2.24, 2.45) is 4.99 Å². The van der Waals surface area contributed by atoms with Crippen LogP contribution in [0.4, 0.5) is 17.6 Å². The number of guanidine groups is 1. The summed E-state index contributed by atoms with van der Waals surface area (Å²) in [7, 11) is 0. The van der Waals surface area contributed by atoms with Gasteiger partial charge in [-0.15, -0.1) is 0 Å². The first-order valence-corrected chi connectivity index (χ1v) is 6.36. The van der Waals surface area contributed by atoms with E-state index in [-0.39, 0.29) is 17.6 Å². The Hall–Kier alpha value is -2.12. The van der Waals surface area contributed by atoms with Crippen molar-refractivity contribution in [3.63, 3.8) is 0 Å². The molecule has 1 saturated carbocycles. The highest BCUT2D eigenvalue weighted by molar-refractivity contribution is 6.05. The van der Waals surface area contributed by atoms with Crippen LogP contribution in [0.2, 0.25) is 0 Å². The zero-order chi connectivity index (χ0) is 15.2. The van der Waals surface area contributed by atoms with Crippen LogP contribution in [-0.4, -0.2) is 17.9 Å². The molecule has 1 unspecified atom stereocenters. The number of amides is 1. The second-order valence-corrected chi connectivity index (χ2v) is 5.02. The molecule has 1 amide bonds. The lowest BCUT2D eigenvalue weighted by Gasteiger charge is -2.14. The second kappa shape index (κ2) is 4.71. The number of halogens is 4. The van der Waals surface area contributed by atoms with Crippen molar-refractivity contribution in [1.29, 1.82) is 0 Å². The van der Waals surface area contributed by atoms with E-state index in [1.165, 1.54) is 0 Å². The maximum Gasteiger partial charge on any atom is 0.416 e. The van der Waals surface area contributed by atoms with Crippen LogP contribution in [0, 0.1) is 5.82 Å². The Kier molecular flexibility index (Phi) is 3.11. The summed E-state index contributed by atoms with van der Waals surface area (Å²) < 4.78 is 52.0. The number of aliphatic imine (C=N–C) groups is 1. The van der Waals surface area contributed by atoms with E-state index in [2.05, 4.69) is 15.6 Å². The fourth-order valence-electron chi connectivity index (χ4n) is 2.12. The molecule has 1 heterocycles. The molecule has 21 heavy (non-hydrogen) atoms. The maximum atomic E-state index is 13.1. The highest BCUT2D eigenvalue weighted by Crippen LogP contribution is 2.37. The highest BCUT2D eigenvalue weighted by atomic mass is 19.4. The lowest BCUT2D eigenvalue weighted by atomic mass is 10.00. The fourth-order valence-corrected chi connectivity index (χ4v) is 2.12. The van der Waals surface area contributed by atoms with E-state index in [0.29, 0.717) is 6.07 Å². The summed E-state index contributed by atoms with van der Waals surface area (Å²) in [5, 5.41) is 5.32. The van der Waals surface area contributed by atoms with Gasteiger partial charge in [0.2, 0.25) is 0 Å². The molecule has 0 bridgehead atoms. The Bertz CT molecular complexity index is 622. The van der Waals surface area contributed by atoms with Crippen LogP contribution in [-0.2, 0) is 11.0 Å². The first-order valence-electron chi connectivity index (χ1n) is 6.36. The van der Waals surface area contributed by atoms with Crippen molar-refractivity contribution in [2.75, 3.05) is 0 Å². The average molecular weight is 301 g/mol. The molecule has 1 aliphatic carbocycles. The first-order chi connectivity index (χ1) is 9.84. The Labute approximate surface area is 117 Å². The van der Waals surface area contributed by atoms with Gasteiger partial charge in [-0.3, -0.25) is 10.1 Å². The lowest BCUT2D eigenvalue weighted by molar-refractivity contribution is -0.138. The molecule has 1 aromatic carbocycles. The van der Waals surface area contributed by atoms with Crippen LogP contribution in [0.1, 0.15) is 30.0 Å². The fraction of sp³-hybridized carbons (Fsp3) is 0.385. The van der Waals surface area contributed by atoms with Gasteiger partial charge in [-0.25, -0.2) is 9.38 Å². The SMILES string of the molecule is O=C1NC(NC2CC2)=NC1c1ccc(F)cc1C(F)(F)F. The van der Waals surface area contributed by atoms with Gasteiger partial charge in [-0.2, -0.15) is 13.2 Å². The number of alkyl halides is 3. The molecule has 8 heteroatoms. The van der Waals surface area contributed by atoms with Crippen molar-refractivity contribution >= 4 is 11.9 Å². The molecule has 1 fully saturated rings. The maximum absolute atomic E-state index is 13.1. The zero-order valence-corrected chi connectivity index (χ0v) is 10.7. The Morgan fingerprint density at radius 2 is 2.00 bits per heavy atom. The smallest absolute Gasteiger partial charge is 0.353 e. The van der Waals surface area contributed by atoms with Crippen LogP contribution in [0.5, 0.6) is 0 Å². The third-order valence-corrected chi connectivity index (χ3v) is 3.28. The number of nitrogens with zero attached hydrogens (tertiary/aromatic N) is 1. The molecular formula is C13H11F4N3O. The van der Waals surface area contributed by atoms with Gasteiger partial charge in [0.25, 0.3) is 5.91 Å². The van der Waals surface area contributed by atoms with E-state index < -0.39 is 29.5 Å². The number of carbonyl (C=O) groups excluding carboxylic acids is 1. The van der Waals surface area contributed by atoms with Crippen molar-refractivity contribution in [2.45, 2.75) is 31.1 Å². The summed E-state index contributed by atoms with van der Waals surface area (Å²) in [6.07, 6.45) is -2.88. The molecule has 0 saturated heterocycles. The van der Waals surface area contributed by atoms with Gasteiger partial charge in [-0.05, 0) is 30.5 Å². The summed E-state index contributed by atoms with van der Waals surface area (Å²) in [5.41, 5.74) is -1.53. The van der Waals surface area contributed by atoms with Gasteiger partial charge in [-0.1, -0.05) is 6.07 Å². The van der Waals surface area contributed by atoms with Gasteiger partial charge in [0.15, 0.2) is 12.0 Å². The quantitative estimate of drug-likeness (QED) is 0.822. The van der Waals surface area contributed by atoms with E-state index in [0.717, 1.165) is 25.0 Å². The number of hydrogen-bond donors (Lipinski definition) is 2. The van der Waals surface area contributed by atoms with Gasteiger partial charge in [0, 0.05) is 6.04 Å². The first kappa shape index (κ1) is 13.8. The number of benzene rings is 1. The number of carbonyl (C=O) groups is 1. The van der Waals surface area contributed by atoms with Crippen LogP contribution in [0.3, 0.4) is 0 Å². The molecule has 3 rings (SSSR count). The van der Waals surface area contributed by atoms with E-state index in [9.17, 15) is 22.4 Å².